The highest BCUT2D eigenvalue weighted by molar-refractivity contribution is 5.76. The van der Waals surface area contributed by atoms with Crippen molar-refractivity contribution >= 4 is 11.9 Å². The Balaban J connectivity index is 3.39. The fraction of sp³-hybridized carbons (Fsp3) is 0.877. The molecule has 3 N–H and O–H groups in total. The van der Waals surface area contributed by atoms with Crippen molar-refractivity contribution in [2.75, 3.05) is 13.2 Å². The van der Waals surface area contributed by atoms with Gasteiger partial charge >= 0.3 is 5.97 Å². The molecule has 0 spiro atoms. The third kappa shape index (κ3) is 57.2. The number of hydrogen-bond donors (Lipinski definition) is 3. The summed E-state index contributed by atoms with van der Waals surface area (Å²) in [5.41, 5.74) is 0. The van der Waals surface area contributed by atoms with Gasteiger partial charge in [-0.2, -0.15) is 0 Å². The summed E-state index contributed by atoms with van der Waals surface area (Å²) >= 11 is 0. The Labute approximate surface area is 443 Å². The standard InChI is InChI=1S/C65H123NO5/c1-3-5-7-9-11-13-15-16-17-29-33-36-39-43-47-51-55-59-65(70)71-60-56-52-48-44-40-37-34-31-28-26-24-22-20-18-19-21-23-25-27-30-32-35-38-42-46-50-54-58-64(69)66-62(61-67)63(68)57-53-49-45-41-14-12-10-8-6-4-2/h18-19,22,24,53,57,62-63,67-68H,3-17,20-21,23,25-52,54-56,58-61H2,1-2H3,(H,66,69)/b19-18-,24-22-,57-53+. The number of rotatable bonds is 59. The molecule has 0 aliphatic rings. The van der Waals surface area contributed by atoms with E-state index in [0.29, 0.717) is 19.4 Å². The second kappa shape index (κ2) is 60.6. The Morgan fingerprint density at radius 1 is 0.394 bits per heavy atom. The van der Waals surface area contributed by atoms with Crippen molar-refractivity contribution in [1.29, 1.82) is 0 Å². The predicted molar refractivity (Wildman–Crippen MR) is 310 cm³/mol. The molecule has 0 saturated heterocycles. The predicted octanol–water partition coefficient (Wildman–Crippen LogP) is 20.0. The lowest BCUT2D eigenvalue weighted by atomic mass is 10.0. The number of nitrogens with one attached hydrogen (secondary N) is 1. The molecular weight excluding hydrogens is 875 g/mol. The Morgan fingerprint density at radius 2 is 0.704 bits per heavy atom. The Kier molecular flexibility index (Phi) is 59.0. The second-order valence-electron chi connectivity index (χ2n) is 21.7. The molecule has 0 aliphatic heterocycles. The van der Waals surface area contributed by atoms with Crippen molar-refractivity contribution in [3.05, 3.63) is 36.5 Å². The largest absolute Gasteiger partial charge is 0.466 e. The zero-order chi connectivity index (χ0) is 51.4. The van der Waals surface area contributed by atoms with E-state index in [4.69, 9.17) is 4.74 Å². The summed E-state index contributed by atoms with van der Waals surface area (Å²) in [6, 6.07) is -0.629. The number of esters is 1. The minimum atomic E-state index is -0.845. The van der Waals surface area contributed by atoms with Crippen molar-refractivity contribution < 1.29 is 24.5 Å². The van der Waals surface area contributed by atoms with E-state index in [2.05, 4.69) is 43.5 Å². The first-order chi connectivity index (χ1) is 35.0. The molecule has 2 atom stereocenters. The average molecular weight is 999 g/mol. The van der Waals surface area contributed by atoms with Gasteiger partial charge in [-0.05, 0) is 64.2 Å². The maximum Gasteiger partial charge on any atom is 0.305 e. The zero-order valence-corrected chi connectivity index (χ0v) is 47.7. The van der Waals surface area contributed by atoms with Crippen molar-refractivity contribution in [2.45, 2.75) is 353 Å². The monoisotopic (exact) mass is 998 g/mol. The summed E-state index contributed by atoms with van der Waals surface area (Å²) < 4.78 is 5.50. The van der Waals surface area contributed by atoms with Crippen LogP contribution in [0.1, 0.15) is 341 Å². The van der Waals surface area contributed by atoms with Crippen LogP contribution < -0.4 is 5.32 Å². The van der Waals surface area contributed by atoms with E-state index in [9.17, 15) is 19.8 Å². The first-order valence-corrected chi connectivity index (χ1v) is 31.8. The number of ether oxygens (including phenoxy) is 1. The quantitative estimate of drug-likeness (QED) is 0.0321. The van der Waals surface area contributed by atoms with Gasteiger partial charge in [-0.3, -0.25) is 9.59 Å². The lowest BCUT2D eigenvalue weighted by Crippen LogP contribution is -2.45. The first-order valence-electron chi connectivity index (χ1n) is 31.8. The van der Waals surface area contributed by atoms with Gasteiger partial charge in [0.05, 0.1) is 25.4 Å². The summed E-state index contributed by atoms with van der Waals surface area (Å²) in [4.78, 5) is 24.5. The molecule has 6 heteroatoms. The van der Waals surface area contributed by atoms with Crippen LogP contribution in [-0.2, 0) is 14.3 Å². The maximum absolute atomic E-state index is 12.4. The molecule has 0 aromatic rings. The summed E-state index contributed by atoms with van der Waals surface area (Å²) in [7, 11) is 0. The van der Waals surface area contributed by atoms with E-state index in [1.165, 1.54) is 270 Å². The maximum atomic E-state index is 12.4. The highest BCUT2D eigenvalue weighted by Crippen LogP contribution is 2.17. The van der Waals surface area contributed by atoms with Gasteiger partial charge in [0.25, 0.3) is 0 Å². The minimum Gasteiger partial charge on any atom is -0.466 e. The van der Waals surface area contributed by atoms with Crippen molar-refractivity contribution in [2.24, 2.45) is 0 Å². The topological polar surface area (TPSA) is 95.9 Å². The van der Waals surface area contributed by atoms with E-state index >= 15 is 0 Å². The van der Waals surface area contributed by atoms with Crippen LogP contribution in [0.15, 0.2) is 36.5 Å². The van der Waals surface area contributed by atoms with Gasteiger partial charge in [-0.25, -0.2) is 0 Å². The van der Waals surface area contributed by atoms with Crippen molar-refractivity contribution in [3.63, 3.8) is 0 Å². The molecule has 0 bridgehead atoms. The lowest BCUT2D eigenvalue weighted by Gasteiger charge is -2.20. The molecule has 0 heterocycles. The van der Waals surface area contributed by atoms with E-state index in [0.717, 1.165) is 44.9 Å². The fourth-order valence-electron chi connectivity index (χ4n) is 9.78. The molecule has 0 saturated carbocycles. The number of amides is 1. The third-order valence-electron chi connectivity index (χ3n) is 14.7. The molecule has 418 valence electrons. The first kappa shape index (κ1) is 69.1. The molecule has 0 rings (SSSR count). The van der Waals surface area contributed by atoms with Gasteiger partial charge < -0.3 is 20.3 Å². The van der Waals surface area contributed by atoms with Gasteiger partial charge in [-0.15, -0.1) is 0 Å². The summed E-state index contributed by atoms with van der Waals surface area (Å²) in [6.07, 6.45) is 76.3. The molecule has 0 fully saturated rings. The van der Waals surface area contributed by atoms with Crippen molar-refractivity contribution in [3.8, 4) is 0 Å². The van der Waals surface area contributed by atoms with Crippen molar-refractivity contribution in [1.82, 2.24) is 5.32 Å². The number of unbranched alkanes of at least 4 members (excludes halogenated alkanes) is 44. The van der Waals surface area contributed by atoms with Gasteiger partial charge in [0.1, 0.15) is 0 Å². The smallest absolute Gasteiger partial charge is 0.305 e. The Hall–Kier alpha value is -1.92. The van der Waals surface area contributed by atoms with E-state index < -0.39 is 12.1 Å². The number of hydrogen-bond acceptors (Lipinski definition) is 5. The van der Waals surface area contributed by atoms with E-state index in [1.54, 1.807) is 6.08 Å². The number of allylic oxidation sites excluding steroid dienone is 5. The van der Waals surface area contributed by atoms with Crippen LogP contribution in [0.3, 0.4) is 0 Å². The van der Waals surface area contributed by atoms with Crippen LogP contribution in [0, 0.1) is 0 Å². The molecule has 0 radical (unpaired) electrons. The van der Waals surface area contributed by atoms with Crippen LogP contribution in [0.4, 0.5) is 0 Å². The molecule has 0 aliphatic carbocycles. The number of aliphatic hydroxyl groups is 2. The van der Waals surface area contributed by atoms with Gasteiger partial charge in [-0.1, -0.05) is 301 Å². The van der Waals surface area contributed by atoms with Gasteiger partial charge in [0.2, 0.25) is 5.91 Å². The Bertz CT molecular complexity index is 1150. The van der Waals surface area contributed by atoms with Crippen LogP contribution in [-0.4, -0.2) is 47.4 Å². The molecule has 0 aromatic carbocycles. The lowest BCUT2D eigenvalue weighted by molar-refractivity contribution is -0.143. The van der Waals surface area contributed by atoms with Gasteiger partial charge in [0.15, 0.2) is 0 Å². The van der Waals surface area contributed by atoms with Crippen LogP contribution in [0.25, 0.3) is 0 Å². The average Bonchev–Trinajstić information content (AvgIpc) is 3.37. The molecule has 71 heavy (non-hydrogen) atoms. The highest BCUT2D eigenvalue weighted by Gasteiger charge is 2.18. The SMILES string of the molecule is CCCCCCCCCC/C=C/C(O)C(CO)NC(=O)CCCCCCCCCCCCC/C=C\C/C=C\CCCCCCCCCCCOC(=O)CCCCCCCCCCCCCCCCCCC. The van der Waals surface area contributed by atoms with Crippen LogP contribution in [0.5, 0.6) is 0 Å². The Morgan fingerprint density at radius 3 is 1.07 bits per heavy atom. The summed E-state index contributed by atoms with van der Waals surface area (Å²) in [5.74, 6) is -0.0585. The van der Waals surface area contributed by atoms with Crippen LogP contribution in [0.2, 0.25) is 0 Å². The number of aliphatic hydroxyl groups excluding tert-OH is 2. The fourth-order valence-corrected chi connectivity index (χ4v) is 9.78. The van der Waals surface area contributed by atoms with E-state index in [1.807, 2.05) is 6.08 Å². The minimum absolute atomic E-state index is 0.0142. The molecule has 0 aromatic heterocycles. The third-order valence-corrected chi connectivity index (χ3v) is 14.7. The molecule has 6 nitrogen and oxygen atoms in total. The zero-order valence-electron chi connectivity index (χ0n) is 47.7. The number of carbonyl (C=O) groups is 2. The molecule has 1 amide bonds. The molecule has 2 unspecified atom stereocenters. The van der Waals surface area contributed by atoms with E-state index in [-0.39, 0.29) is 18.5 Å². The summed E-state index contributed by atoms with van der Waals surface area (Å²) in [6.45, 7) is 4.90. The van der Waals surface area contributed by atoms with Gasteiger partial charge in [0, 0.05) is 12.8 Å². The highest BCUT2D eigenvalue weighted by atomic mass is 16.5. The second-order valence-corrected chi connectivity index (χ2v) is 21.7. The molecular formula is C65H123NO5. The summed E-state index contributed by atoms with van der Waals surface area (Å²) in [5, 5.41) is 23.0. The van der Waals surface area contributed by atoms with Crippen LogP contribution >= 0.6 is 0 Å². The normalized spacial score (nSPS) is 12.8. The number of carbonyl (C=O) groups excluding carboxylic acids is 2.